The number of amides is 2. The van der Waals surface area contributed by atoms with E-state index in [9.17, 15) is 18.0 Å². The van der Waals surface area contributed by atoms with Crippen molar-refractivity contribution in [3.63, 3.8) is 0 Å². The maximum absolute atomic E-state index is 13.6. The third kappa shape index (κ3) is 4.61. The highest BCUT2D eigenvalue weighted by Crippen LogP contribution is 2.44. The van der Waals surface area contributed by atoms with Crippen LogP contribution in [-0.2, 0) is 6.54 Å². The lowest BCUT2D eigenvalue weighted by molar-refractivity contribution is -0.157. The topological polar surface area (TPSA) is 116 Å². The lowest BCUT2D eigenvalue weighted by Crippen LogP contribution is -2.66. The van der Waals surface area contributed by atoms with Gasteiger partial charge in [-0.05, 0) is 36.1 Å². The molecule has 1 fully saturated rings. The second kappa shape index (κ2) is 9.47. The minimum Gasteiger partial charge on any atom is -0.368 e. The summed E-state index contributed by atoms with van der Waals surface area (Å²) in [5.74, 6) is -0.153. The molecule has 40 heavy (non-hydrogen) atoms. The molecule has 4 N–H and O–H groups in total. The first-order valence-electron chi connectivity index (χ1n) is 13.0. The van der Waals surface area contributed by atoms with E-state index < -0.39 is 18.3 Å². The Balaban J connectivity index is 1.38. The summed E-state index contributed by atoms with van der Waals surface area (Å²) < 4.78 is 40.8. The minimum absolute atomic E-state index is 0.0990. The fraction of sp³-hybridized carbons (Fsp3) is 0.357. The number of benzene rings is 2. The number of hydrogen-bond acceptors (Lipinski definition) is 6. The number of carbonyl (C=O) groups excluding carboxylic acids is 1. The van der Waals surface area contributed by atoms with E-state index in [1.807, 2.05) is 56.3 Å². The number of nitrogen functional groups attached to an aromatic ring is 1. The molecule has 2 aliphatic heterocycles. The van der Waals surface area contributed by atoms with Crippen molar-refractivity contribution in [2.75, 3.05) is 30.7 Å². The highest BCUT2D eigenvalue weighted by molar-refractivity contribution is 6.00. The first kappa shape index (κ1) is 26.1. The van der Waals surface area contributed by atoms with E-state index in [0.29, 0.717) is 16.9 Å². The molecule has 0 bridgehead atoms. The van der Waals surface area contributed by atoms with Gasteiger partial charge in [-0.25, -0.2) is 14.8 Å². The number of nitrogens with two attached hydrogens (primary N) is 1. The van der Waals surface area contributed by atoms with Gasteiger partial charge < -0.3 is 16.0 Å². The van der Waals surface area contributed by atoms with Gasteiger partial charge in [-0.3, -0.25) is 10.00 Å². The van der Waals surface area contributed by atoms with E-state index in [2.05, 4.69) is 25.5 Å². The number of hydrogen-bond donors (Lipinski definition) is 3. The zero-order chi connectivity index (χ0) is 28.2. The molecule has 6 rings (SSSR count). The van der Waals surface area contributed by atoms with Crippen molar-refractivity contribution < 1.29 is 18.0 Å². The number of alkyl halides is 3. The number of likely N-dealkylation sites (tertiary alicyclic amines) is 1. The van der Waals surface area contributed by atoms with Gasteiger partial charge >= 0.3 is 12.2 Å². The van der Waals surface area contributed by atoms with Crippen LogP contribution in [0.25, 0.3) is 22.2 Å². The zero-order valence-corrected chi connectivity index (χ0v) is 22.0. The Kier molecular flexibility index (Phi) is 6.17. The van der Waals surface area contributed by atoms with Gasteiger partial charge in [0.1, 0.15) is 5.69 Å². The van der Waals surface area contributed by atoms with Gasteiger partial charge in [0.05, 0.1) is 24.1 Å². The fourth-order valence-electron chi connectivity index (χ4n) is 6.20. The molecule has 4 aromatic rings. The molecule has 2 aliphatic rings. The fourth-order valence-corrected chi connectivity index (χ4v) is 6.20. The Morgan fingerprint density at radius 1 is 1.15 bits per heavy atom. The summed E-state index contributed by atoms with van der Waals surface area (Å²) in [5, 5.41) is 11.2. The lowest BCUT2D eigenvalue weighted by Gasteiger charge is -2.55. The molecule has 3 unspecified atom stereocenters. The van der Waals surface area contributed by atoms with E-state index in [1.165, 1.54) is 4.90 Å². The maximum Gasteiger partial charge on any atom is 0.401 e. The molecule has 12 heteroatoms. The summed E-state index contributed by atoms with van der Waals surface area (Å²) in [6.45, 7) is 3.49. The molecule has 208 valence electrons. The maximum atomic E-state index is 13.6. The van der Waals surface area contributed by atoms with Crippen LogP contribution in [0, 0.1) is 5.92 Å². The number of H-pyrrole nitrogens is 1. The monoisotopic (exact) mass is 550 g/mol. The zero-order valence-electron chi connectivity index (χ0n) is 22.0. The Labute approximate surface area is 228 Å². The molecule has 3 atom stereocenters. The van der Waals surface area contributed by atoms with Crippen LogP contribution < -0.4 is 11.1 Å². The SMILES string of the molecule is CC1C(c2ccccc2)CN(CC(F)(F)F)CC1(C)N1Cc2cc3c(-c4cnc(N)nc4)n[nH]c3cc2NC1=O. The van der Waals surface area contributed by atoms with Crippen LogP contribution in [0.1, 0.15) is 30.9 Å². The van der Waals surface area contributed by atoms with Crippen LogP contribution in [0.3, 0.4) is 0 Å². The Hall–Kier alpha value is -4.19. The van der Waals surface area contributed by atoms with Crippen LogP contribution in [-0.4, -0.2) is 67.3 Å². The Bertz CT molecular complexity index is 1560. The van der Waals surface area contributed by atoms with Gasteiger partial charge in [0.2, 0.25) is 5.95 Å². The molecular formula is C28H29F3N8O. The van der Waals surface area contributed by atoms with Crippen molar-refractivity contribution in [2.24, 2.45) is 5.92 Å². The molecule has 2 amide bonds. The van der Waals surface area contributed by atoms with E-state index in [4.69, 9.17) is 5.73 Å². The summed E-state index contributed by atoms with van der Waals surface area (Å²) in [6, 6.07) is 13.0. The Morgan fingerprint density at radius 2 is 1.88 bits per heavy atom. The molecule has 2 aromatic heterocycles. The number of nitrogens with zero attached hydrogens (tertiary/aromatic N) is 5. The van der Waals surface area contributed by atoms with Crippen molar-refractivity contribution in [2.45, 2.75) is 38.0 Å². The van der Waals surface area contributed by atoms with Crippen molar-refractivity contribution in [3.05, 3.63) is 66.0 Å². The first-order chi connectivity index (χ1) is 19.0. The second-order valence-corrected chi connectivity index (χ2v) is 10.9. The predicted octanol–water partition coefficient (Wildman–Crippen LogP) is 5.01. The summed E-state index contributed by atoms with van der Waals surface area (Å²) in [6.07, 6.45) is -1.17. The highest BCUT2D eigenvalue weighted by atomic mass is 19.4. The first-order valence-corrected chi connectivity index (χ1v) is 13.0. The van der Waals surface area contributed by atoms with Crippen molar-refractivity contribution in [1.82, 2.24) is 30.0 Å². The smallest absolute Gasteiger partial charge is 0.368 e. The Morgan fingerprint density at radius 3 is 2.58 bits per heavy atom. The molecule has 2 aromatic carbocycles. The normalized spacial score (nSPS) is 23.7. The van der Waals surface area contributed by atoms with E-state index in [0.717, 1.165) is 22.0 Å². The van der Waals surface area contributed by atoms with Gasteiger partial charge in [-0.2, -0.15) is 18.3 Å². The number of aromatic nitrogens is 4. The number of fused-ring (bicyclic) bond motifs is 2. The number of piperidine rings is 1. The average Bonchev–Trinajstić information content (AvgIpc) is 3.31. The predicted molar refractivity (Wildman–Crippen MR) is 145 cm³/mol. The minimum atomic E-state index is -4.35. The van der Waals surface area contributed by atoms with Crippen molar-refractivity contribution in [3.8, 4) is 11.3 Å². The van der Waals surface area contributed by atoms with Crippen LogP contribution in [0.15, 0.2) is 54.9 Å². The number of nitrogens with one attached hydrogen (secondary N) is 2. The largest absolute Gasteiger partial charge is 0.401 e. The van der Waals surface area contributed by atoms with Gasteiger partial charge in [0, 0.05) is 48.0 Å². The van der Waals surface area contributed by atoms with Gasteiger partial charge in [0.15, 0.2) is 0 Å². The number of anilines is 2. The van der Waals surface area contributed by atoms with Gasteiger partial charge in [-0.1, -0.05) is 37.3 Å². The molecule has 1 saturated heterocycles. The van der Waals surface area contributed by atoms with E-state index >= 15 is 0 Å². The number of aromatic amines is 1. The highest BCUT2D eigenvalue weighted by Gasteiger charge is 2.51. The van der Waals surface area contributed by atoms with Gasteiger partial charge in [-0.15, -0.1) is 0 Å². The molecule has 0 aliphatic carbocycles. The molecule has 4 heterocycles. The third-order valence-corrected chi connectivity index (χ3v) is 8.38. The van der Waals surface area contributed by atoms with Crippen molar-refractivity contribution in [1.29, 1.82) is 0 Å². The molecule has 0 saturated carbocycles. The quantitative estimate of drug-likeness (QED) is 0.329. The lowest BCUT2D eigenvalue weighted by atomic mass is 9.70. The van der Waals surface area contributed by atoms with Crippen molar-refractivity contribution >= 4 is 28.6 Å². The van der Waals surface area contributed by atoms with E-state index in [-0.39, 0.29) is 43.4 Å². The van der Waals surface area contributed by atoms with Crippen LogP contribution in [0.5, 0.6) is 0 Å². The number of urea groups is 1. The average molecular weight is 551 g/mol. The summed E-state index contributed by atoms with van der Waals surface area (Å²) in [5.41, 5.74) is 9.22. The number of halogens is 3. The third-order valence-electron chi connectivity index (χ3n) is 8.38. The second-order valence-electron chi connectivity index (χ2n) is 10.9. The molecule has 9 nitrogen and oxygen atoms in total. The number of carbonyl (C=O) groups is 1. The van der Waals surface area contributed by atoms with Crippen LogP contribution >= 0.6 is 0 Å². The number of rotatable bonds is 4. The summed E-state index contributed by atoms with van der Waals surface area (Å²) >= 11 is 0. The van der Waals surface area contributed by atoms with Gasteiger partial charge in [0.25, 0.3) is 0 Å². The van der Waals surface area contributed by atoms with Crippen LogP contribution in [0.4, 0.5) is 29.6 Å². The van der Waals surface area contributed by atoms with E-state index in [1.54, 1.807) is 17.3 Å². The van der Waals surface area contributed by atoms with Crippen LogP contribution in [0.2, 0.25) is 0 Å². The summed E-state index contributed by atoms with van der Waals surface area (Å²) in [7, 11) is 0. The molecular weight excluding hydrogens is 521 g/mol. The molecule has 0 spiro atoms. The molecule has 0 radical (unpaired) electrons. The standard InChI is InChI=1S/C28H29F3N8O/c1-16-21(17-6-4-3-5-7-17)13-38(15-28(29,30)31)14-27(16,2)39-12-18-8-20-23(9-22(18)35-26(39)40)36-37-24(20)19-10-33-25(32)34-11-19/h3-11,16,21H,12-15H2,1-2H3,(H,35,40)(H,36,37)(H2,32,33,34). The summed E-state index contributed by atoms with van der Waals surface area (Å²) in [4.78, 5) is 24.8.